The summed E-state index contributed by atoms with van der Waals surface area (Å²) in [7, 11) is 1.17. The van der Waals surface area contributed by atoms with E-state index in [-0.39, 0.29) is 16.2 Å². The molecule has 0 fully saturated rings. The standard InChI is InChI=1S/C9H8N2O4S2/c1-15-8(14)7-6(13)4(2-10)9(17-7)16-3-5(11)12/h13H,3H2,1H3,(H2,11,12). The lowest BCUT2D eigenvalue weighted by atomic mass is 10.3. The number of primary amides is 1. The molecule has 1 amide bonds. The summed E-state index contributed by atoms with van der Waals surface area (Å²) in [6.45, 7) is 0. The molecule has 0 saturated carbocycles. The minimum absolute atomic E-state index is 0.0325. The highest BCUT2D eigenvalue weighted by Gasteiger charge is 2.23. The van der Waals surface area contributed by atoms with Crippen molar-refractivity contribution in [2.75, 3.05) is 12.9 Å². The molecule has 0 radical (unpaired) electrons. The van der Waals surface area contributed by atoms with Gasteiger partial charge in [0.15, 0.2) is 10.6 Å². The molecule has 0 aliphatic rings. The average molecular weight is 272 g/mol. The quantitative estimate of drug-likeness (QED) is 0.615. The van der Waals surface area contributed by atoms with Crippen molar-refractivity contribution in [2.45, 2.75) is 4.21 Å². The fraction of sp³-hybridized carbons (Fsp3) is 0.222. The fourth-order valence-electron chi connectivity index (χ4n) is 0.970. The number of hydrogen-bond donors (Lipinski definition) is 2. The van der Waals surface area contributed by atoms with Gasteiger partial charge in [0.1, 0.15) is 11.6 Å². The van der Waals surface area contributed by atoms with Gasteiger partial charge in [-0.25, -0.2) is 4.79 Å². The van der Waals surface area contributed by atoms with Crippen molar-refractivity contribution in [1.82, 2.24) is 0 Å². The zero-order chi connectivity index (χ0) is 13.0. The van der Waals surface area contributed by atoms with Gasteiger partial charge in [-0.15, -0.1) is 23.1 Å². The number of nitriles is 1. The van der Waals surface area contributed by atoms with Crippen molar-refractivity contribution in [3.8, 4) is 11.8 Å². The van der Waals surface area contributed by atoms with E-state index in [4.69, 9.17) is 11.0 Å². The highest BCUT2D eigenvalue weighted by molar-refractivity contribution is 8.01. The van der Waals surface area contributed by atoms with Gasteiger partial charge in [-0.1, -0.05) is 0 Å². The summed E-state index contributed by atoms with van der Waals surface area (Å²) in [4.78, 5) is 21.8. The van der Waals surface area contributed by atoms with Crippen LogP contribution in [0, 0.1) is 11.3 Å². The van der Waals surface area contributed by atoms with Crippen LogP contribution in [0.5, 0.6) is 5.75 Å². The summed E-state index contributed by atoms with van der Waals surface area (Å²) in [5.41, 5.74) is 4.93. The van der Waals surface area contributed by atoms with E-state index in [9.17, 15) is 14.7 Å². The van der Waals surface area contributed by atoms with Gasteiger partial charge in [-0.2, -0.15) is 5.26 Å². The SMILES string of the molecule is COC(=O)c1sc(SCC(N)=O)c(C#N)c1O. The molecule has 90 valence electrons. The first-order valence-corrected chi connectivity index (χ1v) is 6.06. The Bertz CT molecular complexity index is 504. The summed E-state index contributed by atoms with van der Waals surface area (Å²) in [6, 6.07) is 1.77. The monoisotopic (exact) mass is 272 g/mol. The zero-order valence-electron chi connectivity index (χ0n) is 8.72. The molecular weight excluding hydrogens is 264 g/mol. The van der Waals surface area contributed by atoms with Crippen molar-refractivity contribution in [2.24, 2.45) is 5.73 Å². The molecule has 6 nitrogen and oxygen atoms in total. The number of thiophene rings is 1. The third-order valence-electron chi connectivity index (χ3n) is 1.68. The number of rotatable bonds is 4. The van der Waals surface area contributed by atoms with Crippen LogP contribution in [0.2, 0.25) is 0 Å². The number of methoxy groups -OCH3 is 1. The third-order valence-corrected chi connectivity index (χ3v) is 4.13. The predicted molar refractivity (Wildman–Crippen MR) is 62.0 cm³/mol. The van der Waals surface area contributed by atoms with E-state index in [2.05, 4.69) is 4.74 Å². The first kappa shape index (κ1) is 13.3. The summed E-state index contributed by atoms with van der Waals surface area (Å²) < 4.78 is 4.82. The van der Waals surface area contributed by atoms with Crippen molar-refractivity contribution in [3.63, 3.8) is 0 Å². The highest BCUT2D eigenvalue weighted by Crippen LogP contribution is 2.40. The van der Waals surface area contributed by atoms with Gasteiger partial charge in [-0.3, -0.25) is 4.79 Å². The zero-order valence-corrected chi connectivity index (χ0v) is 10.4. The van der Waals surface area contributed by atoms with Crippen LogP contribution in [0.15, 0.2) is 4.21 Å². The number of hydrogen-bond acceptors (Lipinski definition) is 7. The van der Waals surface area contributed by atoms with Crippen LogP contribution in [-0.4, -0.2) is 29.8 Å². The number of nitrogens with two attached hydrogens (primary N) is 1. The molecule has 1 aromatic heterocycles. The van der Waals surface area contributed by atoms with Crippen LogP contribution in [0.3, 0.4) is 0 Å². The second kappa shape index (κ2) is 5.56. The number of carbonyl (C=O) groups is 2. The van der Waals surface area contributed by atoms with Crippen LogP contribution >= 0.6 is 23.1 Å². The van der Waals surface area contributed by atoms with Crippen LogP contribution in [0.4, 0.5) is 0 Å². The number of amides is 1. The second-order valence-electron chi connectivity index (χ2n) is 2.80. The van der Waals surface area contributed by atoms with E-state index in [1.54, 1.807) is 6.07 Å². The first-order valence-electron chi connectivity index (χ1n) is 4.26. The van der Waals surface area contributed by atoms with Crippen LogP contribution < -0.4 is 5.73 Å². The van der Waals surface area contributed by atoms with E-state index < -0.39 is 17.6 Å². The normalized spacial score (nSPS) is 9.65. The Hall–Kier alpha value is -1.72. The van der Waals surface area contributed by atoms with Gasteiger partial charge < -0.3 is 15.6 Å². The molecule has 3 N–H and O–H groups in total. The Morgan fingerprint density at radius 3 is 2.76 bits per heavy atom. The molecule has 0 aromatic carbocycles. The smallest absolute Gasteiger partial charge is 0.351 e. The van der Waals surface area contributed by atoms with Crippen LogP contribution in [-0.2, 0) is 9.53 Å². The topological polar surface area (TPSA) is 113 Å². The lowest BCUT2D eigenvalue weighted by molar-refractivity contribution is -0.115. The Kier molecular flexibility index (Phi) is 4.37. The van der Waals surface area contributed by atoms with Gasteiger partial charge in [0, 0.05) is 0 Å². The van der Waals surface area contributed by atoms with Crippen molar-refractivity contribution < 1.29 is 19.4 Å². The van der Waals surface area contributed by atoms with E-state index in [1.165, 1.54) is 7.11 Å². The van der Waals surface area contributed by atoms with E-state index in [0.717, 1.165) is 23.1 Å². The molecule has 0 aliphatic carbocycles. The minimum Gasteiger partial charge on any atom is -0.505 e. The minimum atomic E-state index is -0.727. The number of thioether (sulfide) groups is 1. The maximum Gasteiger partial charge on any atom is 0.351 e. The molecule has 0 unspecified atom stereocenters. The lowest BCUT2D eigenvalue weighted by Gasteiger charge is -1.94. The number of ether oxygens (including phenoxy) is 1. The Balaban J connectivity index is 3.10. The van der Waals surface area contributed by atoms with Crippen molar-refractivity contribution in [3.05, 3.63) is 10.4 Å². The van der Waals surface area contributed by atoms with E-state index >= 15 is 0 Å². The van der Waals surface area contributed by atoms with Gasteiger partial charge in [-0.05, 0) is 0 Å². The van der Waals surface area contributed by atoms with E-state index in [1.807, 2.05) is 0 Å². The molecule has 1 rings (SSSR count). The Morgan fingerprint density at radius 1 is 1.65 bits per heavy atom. The average Bonchev–Trinajstić information content (AvgIpc) is 2.62. The molecule has 17 heavy (non-hydrogen) atoms. The van der Waals surface area contributed by atoms with Crippen molar-refractivity contribution >= 4 is 35.0 Å². The molecule has 0 spiro atoms. The molecule has 0 saturated heterocycles. The Labute approximate surface area is 105 Å². The molecule has 0 atom stereocenters. The van der Waals surface area contributed by atoms with Gasteiger partial charge in [0.05, 0.1) is 17.1 Å². The summed E-state index contributed by atoms with van der Waals surface area (Å²) in [6.07, 6.45) is 0. The largest absolute Gasteiger partial charge is 0.505 e. The van der Waals surface area contributed by atoms with Gasteiger partial charge in [0.25, 0.3) is 0 Å². The van der Waals surface area contributed by atoms with Crippen LogP contribution in [0.25, 0.3) is 0 Å². The van der Waals surface area contributed by atoms with Crippen molar-refractivity contribution in [1.29, 1.82) is 5.26 Å². The second-order valence-corrected chi connectivity index (χ2v) is 5.07. The van der Waals surface area contributed by atoms with Gasteiger partial charge in [0.2, 0.25) is 5.91 Å². The van der Waals surface area contributed by atoms with Gasteiger partial charge >= 0.3 is 5.97 Å². The van der Waals surface area contributed by atoms with Crippen LogP contribution in [0.1, 0.15) is 15.2 Å². The first-order chi connectivity index (χ1) is 8.01. The maximum atomic E-state index is 11.3. The summed E-state index contributed by atoms with van der Waals surface area (Å²) >= 11 is 1.89. The van der Waals surface area contributed by atoms with E-state index in [0.29, 0.717) is 4.21 Å². The fourth-order valence-corrected chi connectivity index (χ4v) is 2.99. The molecule has 0 aliphatic heterocycles. The number of carbonyl (C=O) groups excluding carboxylic acids is 2. The summed E-state index contributed by atoms with van der Waals surface area (Å²) in [5.74, 6) is -1.73. The molecule has 0 bridgehead atoms. The number of nitrogens with zero attached hydrogens (tertiary/aromatic N) is 1. The number of esters is 1. The molecule has 1 aromatic rings. The summed E-state index contributed by atoms with van der Waals surface area (Å²) in [5, 5.41) is 18.5. The molecule has 8 heteroatoms. The number of aromatic hydroxyl groups is 1. The lowest BCUT2D eigenvalue weighted by Crippen LogP contribution is -2.12. The highest BCUT2D eigenvalue weighted by atomic mass is 32.2. The molecular formula is C9H8N2O4S2. The Morgan fingerprint density at radius 2 is 2.29 bits per heavy atom. The maximum absolute atomic E-state index is 11.3. The third kappa shape index (κ3) is 2.89. The molecule has 1 heterocycles. The predicted octanol–water partition coefficient (Wildman–Crippen LogP) is 0.689.